The van der Waals surface area contributed by atoms with E-state index in [0.29, 0.717) is 11.8 Å². The van der Waals surface area contributed by atoms with Crippen LogP contribution in [0.1, 0.15) is 63.6 Å². The molecule has 1 fully saturated rings. The highest BCUT2D eigenvalue weighted by molar-refractivity contribution is 5.76. The van der Waals surface area contributed by atoms with Crippen LogP contribution in [-0.4, -0.2) is 35.7 Å². The maximum Gasteiger partial charge on any atom is 0.254 e. The van der Waals surface area contributed by atoms with E-state index in [1.165, 1.54) is 5.52 Å². The molecule has 0 aliphatic carbocycles. The van der Waals surface area contributed by atoms with E-state index >= 15 is 0 Å². The summed E-state index contributed by atoms with van der Waals surface area (Å²) in [5.41, 5.74) is 3.35. The van der Waals surface area contributed by atoms with Gasteiger partial charge in [-0.1, -0.05) is 25.5 Å². The summed E-state index contributed by atoms with van der Waals surface area (Å²) in [7, 11) is 0. The predicted octanol–water partition coefficient (Wildman–Crippen LogP) is 4.35. The molecule has 0 saturated carbocycles. The quantitative estimate of drug-likeness (QED) is 0.508. The minimum absolute atomic E-state index is 0.217. The first kappa shape index (κ1) is 18.1. The Hall–Kier alpha value is -2.96. The molecule has 5 rings (SSSR count). The Morgan fingerprint density at radius 3 is 2.86 bits per heavy atom. The number of anilines is 1. The van der Waals surface area contributed by atoms with Crippen molar-refractivity contribution >= 4 is 22.6 Å². The van der Waals surface area contributed by atoms with Crippen molar-refractivity contribution in [3.63, 3.8) is 0 Å². The van der Waals surface area contributed by atoms with Crippen LogP contribution in [0.3, 0.4) is 0 Å². The molecule has 0 amide bonds. The average molecular weight is 390 g/mol. The van der Waals surface area contributed by atoms with Gasteiger partial charge in [-0.3, -0.25) is 0 Å². The van der Waals surface area contributed by atoms with Crippen molar-refractivity contribution in [1.29, 1.82) is 0 Å². The van der Waals surface area contributed by atoms with Gasteiger partial charge in [0, 0.05) is 24.3 Å². The molecule has 0 radical (unpaired) electrons. The van der Waals surface area contributed by atoms with E-state index in [9.17, 15) is 0 Å². The smallest absolute Gasteiger partial charge is 0.254 e. The first-order chi connectivity index (χ1) is 14.2. The van der Waals surface area contributed by atoms with Gasteiger partial charge in [-0.15, -0.1) is 0 Å². The molecule has 7 nitrogen and oxygen atoms in total. The molecule has 150 valence electrons. The number of benzene rings is 1. The highest BCUT2D eigenvalue weighted by Gasteiger charge is 2.33. The molecule has 1 unspecified atom stereocenters. The summed E-state index contributed by atoms with van der Waals surface area (Å²) in [6.07, 6.45) is 5.81. The van der Waals surface area contributed by atoms with Crippen molar-refractivity contribution in [3.05, 3.63) is 48.2 Å². The van der Waals surface area contributed by atoms with Crippen molar-refractivity contribution < 1.29 is 0 Å². The minimum atomic E-state index is 0.217. The topological polar surface area (TPSA) is 64.1 Å². The number of para-hydroxylation sites is 2. The lowest BCUT2D eigenvalue weighted by atomic mass is 10.2. The van der Waals surface area contributed by atoms with Gasteiger partial charge < -0.3 is 9.47 Å². The van der Waals surface area contributed by atoms with E-state index < -0.39 is 0 Å². The first-order valence-corrected chi connectivity index (χ1v) is 10.6. The molecule has 7 heteroatoms. The van der Waals surface area contributed by atoms with Crippen molar-refractivity contribution in [2.24, 2.45) is 0 Å². The second-order valence-corrected chi connectivity index (χ2v) is 8.10. The van der Waals surface area contributed by atoms with E-state index in [-0.39, 0.29) is 6.04 Å². The molecular formula is C22H27N7. The number of aromatic nitrogens is 6. The van der Waals surface area contributed by atoms with Crippen molar-refractivity contribution in [3.8, 4) is 0 Å². The summed E-state index contributed by atoms with van der Waals surface area (Å²) in [4.78, 5) is 16.6. The zero-order valence-electron chi connectivity index (χ0n) is 17.3. The monoisotopic (exact) mass is 389 g/mol. The van der Waals surface area contributed by atoms with E-state index in [4.69, 9.17) is 4.98 Å². The Bertz CT molecular complexity index is 1160. The molecule has 0 bridgehead atoms. The number of imidazole rings is 1. The zero-order valence-corrected chi connectivity index (χ0v) is 17.3. The van der Waals surface area contributed by atoms with Crippen LogP contribution in [0.25, 0.3) is 16.8 Å². The highest BCUT2D eigenvalue weighted by atomic mass is 15.4. The summed E-state index contributed by atoms with van der Waals surface area (Å²) in [5, 5.41) is 4.47. The lowest BCUT2D eigenvalue weighted by molar-refractivity contribution is 0.538. The van der Waals surface area contributed by atoms with E-state index in [2.05, 4.69) is 75.6 Å². The van der Waals surface area contributed by atoms with Crippen LogP contribution in [0.15, 0.2) is 36.7 Å². The molecule has 1 saturated heterocycles. The molecule has 0 N–H and O–H groups in total. The fourth-order valence-electron chi connectivity index (χ4n) is 4.58. The van der Waals surface area contributed by atoms with Crippen LogP contribution in [0, 0.1) is 0 Å². The summed E-state index contributed by atoms with van der Waals surface area (Å²) >= 11 is 0. The summed E-state index contributed by atoms with van der Waals surface area (Å²) in [5.74, 6) is 2.88. The Morgan fingerprint density at radius 1 is 1.17 bits per heavy atom. The largest absolute Gasteiger partial charge is 0.346 e. The van der Waals surface area contributed by atoms with E-state index in [0.717, 1.165) is 55.1 Å². The van der Waals surface area contributed by atoms with E-state index in [1.54, 1.807) is 6.33 Å². The number of fused-ring (bicyclic) bond motifs is 2. The number of rotatable bonds is 5. The van der Waals surface area contributed by atoms with Crippen LogP contribution >= 0.6 is 0 Å². The Kier molecular flexibility index (Phi) is 4.45. The first-order valence-electron chi connectivity index (χ1n) is 10.6. The molecule has 29 heavy (non-hydrogen) atoms. The molecule has 1 aliphatic heterocycles. The molecule has 1 aliphatic rings. The fourth-order valence-corrected chi connectivity index (χ4v) is 4.58. The number of hydrogen-bond donors (Lipinski definition) is 0. The third-order valence-corrected chi connectivity index (χ3v) is 5.78. The molecule has 0 spiro atoms. The van der Waals surface area contributed by atoms with Gasteiger partial charge >= 0.3 is 0 Å². The SMILES string of the molecule is CCCc1cc(N2CCCC2c2nc3ccccc3n2C(C)C)n2ncnc2n1. The second-order valence-electron chi connectivity index (χ2n) is 8.10. The second kappa shape index (κ2) is 7.13. The number of nitrogens with zero attached hydrogens (tertiary/aromatic N) is 7. The standard InChI is InChI=1S/C22H27N7/c1-4-8-16-13-20(29-22(25-16)23-14-24-29)27-12-7-11-19(27)21-26-17-9-5-6-10-18(17)28(21)15(2)3/h5-6,9-10,13-15,19H,4,7-8,11-12H2,1-3H3. The summed E-state index contributed by atoms with van der Waals surface area (Å²) in [6.45, 7) is 7.63. The van der Waals surface area contributed by atoms with Gasteiger partial charge in [0.1, 0.15) is 18.0 Å². The van der Waals surface area contributed by atoms with Crippen molar-refractivity contribution in [1.82, 2.24) is 29.1 Å². The molecule has 4 heterocycles. The lowest BCUT2D eigenvalue weighted by Crippen LogP contribution is -2.28. The summed E-state index contributed by atoms with van der Waals surface area (Å²) in [6, 6.07) is 11.2. The van der Waals surface area contributed by atoms with Gasteiger partial charge in [-0.05, 0) is 45.2 Å². The molecular weight excluding hydrogens is 362 g/mol. The van der Waals surface area contributed by atoms with Crippen LogP contribution in [0.5, 0.6) is 0 Å². The third kappa shape index (κ3) is 2.96. The van der Waals surface area contributed by atoms with Gasteiger partial charge in [0.2, 0.25) is 0 Å². The van der Waals surface area contributed by atoms with E-state index in [1.807, 2.05) is 4.52 Å². The average Bonchev–Trinajstić information content (AvgIpc) is 3.44. The molecule has 4 aromatic rings. The van der Waals surface area contributed by atoms with Crippen molar-refractivity contribution in [2.45, 2.75) is 58.5 Å². The predicted molar refractivity (Wildman–Crippen MR) is 114 cm³/mol. The number of hydrogen-bond acceptors (Lipinski definition) is 5. The Balaban J connectivity index is 1.65. The maximum atomic E-state index is 5.08. The zero-order chi connectivity index (χ0) is 20.0. The van der Waals surface area contributed by atoms with Crippen LogP contribution in [0.2, 0.25) is 0 Å². The normalized spacial score (nSPS) is 17.2. The highest BCUT2D eigenvalue weighted by Crippen LogP contribution is 2.38. The molecule has 1 aromatic carbocycles. The van der Waals surface area contributed by atoms with Gasteiger partial charge in [0.15, 0.2) is 0 Å². The van der Waals surface area contributed by atoms with Gasteiger partial charge in [-0.2, -0.15) is 14.6 Å². The van der Waals surface area contributed by atoms with Crippen LogP contribution < -0.4 is 4.90 Å². The fraction of sp³-hybridized carbons (Fsp3) is 0.455. The van der Waals surface area contributed by atoms with Gasteiger partial charge in [0.05, 0.1) is 17.1 Å². The maximum absolute atomic E-state index is 5.08. The number of aryl methyl sites for hydroxylation is 1. The van der Waals surface area contributed by atoms with Crippen LogP contribution in [-0.2, 0) is 6.42 Å². The summed E-state index contributed by atoms with van der Waals surface area (Å²) < 4.78 is 4.27. The molecule has 3 aromatic heterocycles. The Morgan fingerprint density at radius 2 is 2.03 bits per heavy atom. The van der Waals surface area contributed by atoms with Crippen LogP contribution in [0.4, 0.5) is 5.82 Å². The minimum Gasteiger partial charge on any atom is -0.346 e. The van der Waals surface area contributed by atoms with Crippen molar-refractivity contribution in [2.75, 3.05) is 11.4 Å². The third-order valence-electron chi connectivity index (χ3n) is 5.78. The lowest BCUT2D eigenvalue weighted by Gasteiger charge is -2.28. The molecule has 1 atom stereocenters. The van der Waals surface area contributed by atoms with Gasteiger partial charge in [-0.25, -0.2) is 9.97 Å². The Labute approximate surface area is 170 Å². The van der Waals surface area contributed by atoms with Gasteiger partial charge in [0.25, 0.3) is 5.78 Å².